The number of ether oxygens (including phenoxy) is 1. The van der Waals surface area contributed by atoms with Crippen molar-refractivity contribution in [3.05, 3.63) is 29.8 Å². The molecule has 1 aromatic rings. The van der Waals surface area contributed by atoms with E-state index in [-0.39, 0.29) is 13.0 Å². The molecule has 1 N–H and O–H groups in total. The highest BCUT2D eigenvalue weighted by molar-refractivity contribution is 5.66. The van der Waals surface area contributed by atoms with Crippen molar-refractivity contribution in [2.75, 3.05) is 6.61 Å². The van der Waals surface area contributed by atoms with Gasteiger partial charge in [0.15, 0.2) is 0 Å². The Labute approximate surface area is 83.3 Å². The smallest absolute Gasteiger partial charge is 0.306 e. The molecule has 0 bridgehead atoms. The average molecular weight is 194 g/mol. The summed E-state index contributed by atoms with van der Waals surface area (Å²) in [6.45, 7) is 2.27. The molecule has 0 aliphatic carbocycles. The largest absolute Gasteiger partial charge is 0.493 e. The van der Waals surface area contributed by atoms with Gasteiger partial charge in [0.1, 0.15) is 5.75 Å². The number of hydrogen-bond acceptors (Lipinski definition) is 2. The summed E-state index contributed by atoms with van der Waals surface area (Å²) in [6.07, 6.45) is 0.932. The third kappa shape index (κ3) is 3.09. The lowest BCUT2D eigenvalue weighted by Crippen LogP contribution is -2.05. The number of benzene rings is 1. The van der Waals surface area contributed by atoms with Crippen molar-refractivity contribution in [1.82, 2.24) is 0 Å². The second kappa shape index (κ2) is 5.27. The van der Waals surface area contributed by atoms with E-state index in [1.165, 1.54) is 0 Å². The maximum atomic E-state index is 10.3. The van der Waals surface area contributed by atoms with Gasteiger partial charge in [-0.15, -0.1) is 0 Å². The summed E-state index contributed by atoms with van der Waals surface area (Å²) in [5, 5.41) is 8.44. The number of carboxylic acid groups (broad SMARTS) is 1. The molecule has 76 valence electrons. The van der Waals surface area contributed by atoms with Crippen LogP contribution in [0.5, 0.6) is 5.75 Å². The minimum Gasteiger partial charge on any atom is -0.493 e. The van der Waals surface area contributed by atoms with Crippen LogP contribution in [0.3, 0.4) is 0 Å². The zero-order valence-electron chi connectivity index (χ0n) is 8.19. The Hall–Kier alpha value is -1.51. The number of rotatable bonds is 5. The van der Waals surface area contributed by atoms with Crippen molar-refractivity contribution in [3.8, 4) is 5.75 Å². The fourth-order valence-corrected chi connectivity index (χ4v) is 1.19. The van der Waals surface area contributed by atoms with Gasteiger partial charge in [-0.05, 0) is 18.1 Å². The highest BCUT2D eigenvalue weighted by atomic mass is 16.5. The third-order valence-corrected chi connectivity index (χ3v) is 1.93. The molecule has 1 rings (SSSR count). The number of hydrogen-bond donors (Lipinski definition) is 1. The molecule has 0 spiro atoms. The molecule has 0 saturated heterocycles. The SMILES string of the molecule is CCc1ccccc1OCCC(=O)O. The molecule has 0 aromatic heterocycles. The standard InChI is InChI=1S/C11H14O3/c1-2-9-5-3-4-6-10(9)14-8-7-11(12)13/h3-6H,2,7-8H2,1H3,(H,12,13). The highest BCUT2D eigenvalue weighted by Crippen LogP contribution is 2.18. The summed E-state index contributed by atoms with van der Waals surface area (Å²) in [5.74, 6) is -0.0461. The Kier molecular flexibility index (Phi) is 3.98. The van der Waals surface area contributed by atoms with Crippen LogP contribution >= 0.6 is 0 Å². The van der Waals surface area contributed by atoms with Crippen LogP contribution in [0.2, 0.25) is 0 Å². The molecule has 0 heterocycles. The van der Waals surface area contributed by atoms with Gasteiger partial charge in [-0.2, -0.15) is 0 Å². The molecule has 14 heavy (non-hydrogen) atoms. The minimum absolute atomic E-state index is 0.0397. The van der Waals surface area contributed by atoms with Crippen molar-refractivity contribution in [3.63, 3.8) is 0 Å². The summed E-state index contributed by atoms with van der Waals surface area (Å²) in [4.78, 5) is 10.3. The van der Waals surface area contributed by atoms with Crippen LogP contribution in [0.25, 0.3) is 0 Å². The van der Waals surface area contributed by atoms with Crippen LogP contribution in [0.1, 0.15) is 18.9 Å². The van der Waals surface area contributed by atoms with E-state index in [4.69, 9.17) is 9.84 Å². The number of aryl methyl sites for hydroxylation is 1. The van der Waals surface area contributed by atoms with E-state index in [1.807, 2.05) is 31.2 Å². The Balaban J connectivity index is 2.53. The third-order valence-electron chi connectivity index (χ3n) is 1.93. The van der Waals surface area contributed by atoms with Crippen molar-refractivity contribution in [2.24, 2.45) is 0 Å². The maximum absolute atomic E-state index is 10.3. The Morgan fingerprint density at radius 2 is 2.14 bits per heavy atom. The van der Waals surface area contributed by atoms with Gasteiger partial charge in [-0.3, -0.25) is 4.79 Å². The monoisotopic (exact) mass is 194 g/mol. The lowest BCUT2D eigenvalue weighted by Gasteiger charge is -2.08. The second-order valence-corrected chi connectivity index (χ2v) is 2.95. The Bertz CT molecular complexity index is 307. The zero-order valence-corrected chi connectivity index (χ0v) is 8.19. The number of para-hydroxylation sites is 1. The molecular weight excluding hydrogens is 180 g/mol. The summed E-state index contributed by atoms with van der Waals surface area (Å²) in [7, 11) is 0. The normalized spacial score (nSPS) is 9.79. The van der Waals surface area contributed by atoms with Crippen LogP contribution in [-0.2, 0) is 11.2 Å². The first-order valence-electron chi connectivity index (χ1n) is 4.66. The lowest BCUT2D eigenvalue weighted by atomic mass is 10.1. The fraction of sp³-hybridized carbons (Fsp3) is 0.364. The zero-order chi connectivity index (χ0) is 10.4. The van der Waals surface area contributed by atoms with Gasteiger partial charge in [0, 0.05) is 0 Å². The van der Waals surface area contributed by atoms with Gasteiger partial charge in [0.25, 0.3) is 0 Å². The molecule has 1 aromatic carbocycles. The van der Waals surface area contributed by atoms with E-state index in [2.05, 4.69) is 0 Å². The Morgan fingerprint density at radius 1 is 1.43 bits per heavy atom. The van der Waals surface area contributed by atoms with Crippen LogP contribution in [0, 0.1) is 0 Å². The first-order valence-corrected chi connectivity index (χ1v) is 4.66. The molecule has 0 aliphatic heterocycles. The van der Waals surface area contributed by atoms with E-state index in [0.717, 1.165) is 17.7 Å². The van der Waals surface area contributed by atoms with E-state index in [1.54, 1.807) is 0 Å². The van der Waals surface area contributed by atoms with E-state index in [9.17, 15) is 4.79 Å². The Morgan fingerprint density at radius 3 is 2.79 bits per heavy atom. The molecule has 0 fully saturated rings. The molecule has 0 radical (unpaired) electrons. The van der Waals surface area contributed by atoms with Gasteiger partial charge < -0.3 is 9.84 Å². The summed E-state index contributed by atoms with van der Waals surface area (Å²) < 4.78 is 5.36. The van der Waals surface area contributed by atoms with Gasteiger partial charge in [0.2, 0.25) is 0 Å². The van der Waals surface area contributed by atoms with Gasteiger partial charge >= 0.3 is 5.97 Å². The van der Waals surface area contributed by atoms with Crippen molar-refractivity contribution in [2.45, 2.75) is 19.8 Å². The summed E-state index contributed by atoms with van der Waals surface area (Å²) >= 11 is 0. The van der Waals surface area contributed by atoms with E-state index < -0.39 is 5.97 Å². The van der Waals surface area contributed by atoms with Crippen molar-refractivity contribution < 1.29 is 14.6 Å². The van der Waals surface area contributed by atoms with E-state index >= 15 is 0 Å². The van der Waals surface area contributed by atoms with Crippen LogP contribution in [0.4, 0.5) is 0 Å². The molecule has 0 aliphatic rings. The van der Waals surface area contributed by atoms with Gasteiger partial charge in [-0.1, -0.05) is 25.1 Å². The minimum atomic E-state index is -0.834. The second-order valence-electron chi connectivity index (χ2n) is 2.95. The quantitative estimate of drug-likeness (QED) is 0.780. The molecule has 3 nitrogen and oxygen atoms in total. The number of carboxylic acids is 1. The van der Waals surface area contributed by atoms with Gasteiger partial charge in [0.05, 0.1) is 13.0 Å². The van der Waals surface area contributed by atoms with Crippen LogP contribution in [-0.4, -0.2) is 17.7 Å². The lowest BCUT2D eigenvalue weighted by molar-refractivity contribution is -0.137. The number of aliphatic carboxylic acids is 1. The fourth-order valence-electron chi connectivity index (χ4n) is 1.19. The molecule has 3 heteroatoms. The van der Waals surface area contributed by atoms with Crippen molar-refractivity contribution >= 4 is 5.97 Å². The van der Waals surface area contributed by atoms with Crippen LogP contribution in [0.15, 0.2) is 24.3 Å². The predicted octanol–water partition coefficient (Wildman–Crippen LogP) is 2.10. The average Bonchev–Trinajstić information content (AvgIpc) is 2.18. The molecule has 0 atom stereocenters. The number of carbonyl (C=O) groups is 1. The predicted molar refractivity (Wildman–Crippen MR) is 53.6 cm³/mol. The van der Waals surface area contributed by atoms with Gasteiger partial charge in [-0.25, -0.2) is 0 Å². The molecule has 0 amide bonds. The molecule has 0 unspecified atom stereocenters. The highest BCUT2D eigenvalue weighted by Gasteiger charge is 2.01. The first kappa shape index (κ1) is 10.6. The topological polar surface area (TPSA) is 46.5 Å². The first-order chi connectivity index (χ1) is 6.74. The van der Waals surface area contributed by atoms with E-state index in [0.29, 0.717) is 0 Å². The summed E-state index contributed by atoms with van der Waals surface area (Å²) in [5.41, 5.74) is 1.11. The molecular formula is C11H14O3. The summed E-state index contributed by atoms with van der Waals surface area (Å²) in [6, 6.07) is 7.68. The van der Waals surface area contributed by atoms with Crippen molar-refractivity contribution in [1.29, 1.82) is 0 Å². The molecule has 0 saturated carbocycles. The van der Waals surface area contributed by atoms with Crippen LogP contribution < -0.4 is 4.74 Å². The maximum Gasteiger partial charge on any atom is 0.306 e.